The second kappa shape index (κ2) is 7.12. The van der Waals surface area contributed by atoms with E-state index in [-0.39, 0.29) is 0 Å². The number of nitrogens with zero attached hydrogens (tertiary/aromatic N) is 3. The van der Waals surface area contributed by atoms with Crippen molar-refractivity contribution in [2.24, 2.45) is 0 Å². The molecule has 1 aliphatic heterocycles. The second-order valence-corrected chi connectivity index (χ2v) is 7.39. The molecule has 0 aliphatic carbocycles. The van der Waals surface area contributed by atoms with Crippen LogP contribution in [-0.4, -0.2) is 35.6 Å². The van der Waals surface area contributed by atoms with Crippen LogP contribution < -0.4 is 10.2 Å². The minimum Gasteiger partial charge on any atom is -0.368 e. The third kappa shape index (κ3) is 3.10. The summed E-state index contributed by atoms with van der Waals surface area (Å²) in [7, 11) is 0. The third-order valence-electron chi connectivity index (χ3n) is 5.37. The van der Waals surface area contributed by atoms with Crippen LogP contribution in [0.25, 0.3) is 16.9 Å². The number of aromatic nitrogens is 2. The van der Waals surface area contributed by atoms with Gasteiger partial charge in [0.2, 0.25) is 0 Å². The molecular formula is C22H28N4. The first-order chi connectivity index (χ1) is 12.7. The second-order valence-electron chi connectivity index (χ2n) is 7.39. The lowest BCUT2D eigenvalue weighted by Gasteiger charge is -2.29. The van der Waals surface area contributed by atoms with E-state index in [1.165, 1.54) is 22.5 Å². The number of hydrogen-bond acceptors (Lipinski definition) is 3. The van der Waals surface area contributed by atoms with Gasteiger partial charge >= 0.3 is 0 Å². The number of hydrogen-bond donors (Lipinski definition) is 1. The van der Waals surface area contributed by atoms with Crippen molar-refractivity contribution in [2.75, 3.05) is 31.1 Å². The van der Waals surface area contributed by atoms with Gasteiger partial charge in [0, 0.05) is 37.9 Å². The molecule has 4 rings (SSSR count). The van der Waals surface area contributed by atoms with Crippen molar-refractivity contribution in [1.29, 1.82) is 0 Å². The average molecular weight is 348 g/mol. The molecule has 0 bridgehead atoms. The maximum Gasteiger partial charge on any atom is 0.137 e. The number of pyridine rings is 1. The smallest absolute Gasteiger partial charge is 0.137 e. The molecular weight excluding hydrogens is 320 g/mol. The molecule has 0 unspecified atom stereocenters. The van der Waals surface area contributed by atoms with E-state index in [9.17, 15) is 0 Å². The number of nitrogens with one attached hydrogen (secondary N) is 1. The van der Waals surface area contributed by atoms with Gasteiger partial charge in [-0.2, -0.15) is 0 Å². The largest absolute Gasteiger partial charge is 0.368 e. The molecule has 3 aromatic rings. The molecule has 0 radical (unpaired) electrons. The summed E-state index contributed by atoms with van der Waals surface area (Å²) < 4.78 is 2.28. The zero-order chi connectivity index (χ0) is 18.1. The molecule has 0 atom stereocenters. The zero-order valence-corrected chi connectivity index (χ0v) is 16.0. The van der Waals surface area contributed by atoms with Gasteiger partial charge in [-0.1, -0.05) is 45.0 Å². The molecule has 0 spiro atoms. The van der Waals surface area contributed by atoms with Crippen molar-refractivity contribution >= 4 is 11.3 Å². The van der Waals surface area contributed by atoms with Crippen molar-refractivity contribution in [3.05, 3.63) is 53.9 Å². The number of imidazole rings is 1. The maximum absolute atomic E-state index is 4.95. The van der Waals surface area contributed by atoms with Crippen LogP contribution >= 0.6 is 0 Å². The fourth-order valence-electron chi connectivity index (χ4n) is 3.79. The number of rotatable bonds is 4. The Balaban J connectivity index is 1.75. The van der Waals surface area contributed by atoms with E-state index in [1.807, 2.05) is 0 Å². The van der Waals surface area contributed by atoms with Crippen LogP contribution in [0.3, 0.4) is 0 Å². The van der Waals surface area contributed by atoms with Gasteiger partial charge in [0.1, 0.15) is 5.65 Å². The van der Waals surface area contributed by atoms with Gasteiger partial charge in [0.05, 0.1) is 17.1 Å². The van der Waals surface area contributed by atoms with E-state index in [2.05, 4.69) is 78.0 Å². The molecule has 1 aromatic carbocycles. The van der Waals surface area contributed by atoms with Gasteiger partial charge in [-0.25, -0.2) is 4.98 Å². The summed E-state index contributed by atoms with van der Waals surface area (Å²) in [5, 5.41) is 3.42. The van der Waals surface area contributed by atoms with E-state index in [0.29, 0.717) is 5.92 Å². The Morgan fingerprint density at radius 2 is 1.77 bits per heavy atom. The molecule has 0 amide bonds. The van der Waals surface area contributed by atoms with Crippen molar-refractivity contribution < 1.29 is 0 Å². The predicted molar refractivity (Wildman–Crippen MR) is 109 cm³/mol. The summed E-state index contributed by atoms with van der Waals surface area (Å²) in [5.74, 6) is 0.553. The summed E-state index contributed by atoms with van der Waals surface area (Å²) in [6, 6.07) is 13.3. The van der Waals surface area contributed by atoms with Gasteiger partial charge in [-0.15, -0.1) is 0 Å². The summed E-state index contributed by atoms with van der Waals surface area (Å²) in [5.41, 5.74) is 7.29. The van der Waals surface area contributed by atoms with E-state index in [0.717, 1.165) is 43.9 Å². The van der Waals surface area contributed by atoms with E-state index in [1.54, 1.807) is 0 Å². The standard InChI is InChI=1S/C22H28N4/c1-4-20-22(18-7-5-17(6-8-18)16(2)3)24-21-10-9-19(15-26(20)21)25-13-11-23-12-14-25/h5-10,15-16,23H,4,11-14H2,1-3H3. The molecule has 4 heteroatoms. The van der Waals surface area contributed by atoms with Crippen molar-refractivity contribution in [1.82, 2.24) is 14.7 Å². The molecule has 2 aromatic heterocycles. The van der Waals surface area contributed by atoms with Crippen LogP contribution in [0.1, 0.15) is 37.9 Å². The third-order valence-corrected chi connectivity index (χ3v) is 5.37. The van der Waals surface area contributed by atoms with Crippen LogP contribution in [0.4, 0.5) is 5.69 Å². The van der Waals surface area contributed by atoms with Crippen LogP contribution in [-0.2, 0) is 6.42 Å². The van der Waals surface area contributed by atoms with Gasteiger partial charge < -0.3 is 14.6 Å². The highest BCUT2D eigenvalue weighted by molar-refractivity contribution is 5.68. The fourth-order valence-corrected chi connectivity index (χ4v) is 3.79. The van der Waals surface area contributed by atoms with Crippen LogP contribution in [0, 0.1) is 0 Å². The highest BCUT2D eigenvalue weighted by Gasteiger charge is 2.16. The van der Waals surface area contributed by atoms with Crippen molar-refractivity contribution in [3.8, 4) is 11.3 Å². The Hall–Kier alpha value is -2.33. The SMILES string of the molecule is CCc1c(-c2ccc(C(C)C)cc2)nc2ccc(N3CCNCC3)cn12. The maximum atomic E-state index is 4.95. The van der Waals surface area contributed by atoms with Crippen molar-refractivity contribution in [3.63, 3.8) is 0 Å². The first-order valence-corrected chi connectivity index (χ1v) is 9.74. The Bertz CT molecular complexity index is 886. The Morgan fingerprint density at radius 1 is 1.04 bits per heavy atom. The van der Waals surface area contributed by atoms with Crippen LogP contribution in [0.15, 0.2) is 42.6 Å². The lowest BCUT2D eigenvalue weighted by molar-refractivity contribution is 0.588. The summed E-state index contributed by atoms with van der Waals surface area (Å²) in [6.07, 6.45) is 3.23. The zero-order valence-electron chi connectivity index (χ0n) is 16.0. The summed E-state index contributed by atoms with van der Waals surface area (Å²) in [6.45, 7) is 10.9. The van der Waals surface area contributed by atoms with E-state index in [4.69, 9.17) is 4.98 Å². The number of fused-ring (bicyclic) bond motifs is 1. The molecule has 1 N–H and O–H groups in total. The lowest BCUT2D eigenvalue weighted by Crippen LogP contribution is -2.43. The summed E-state index contributed by atoms with van der Waals surface area (Å²) in [4.78, 5) is 7.40. The number of benzene rings is 1. The van der Waals surface area contributed by atoms with E-state index >= 15 is 0 Å². The first kappa shape index (κ1) is 17.1. The van der Waals surface area contributed by atoms with Gasteiger partial charge in [-0.05, 0) is 30.0 Å². The molecule has 4 nitrogen and oxygen atoms in total. The summed E-state index contributed by atoms with van der Waals surface area (Å²) >= 11 is 0. The molecule has 1 saturated heterocycles. The topological polar surface area (TPSA) is 32.6 Å². The molecule has 1 fully saturated rings. The molecule has 136 valence electrons. The van der Waals surface area contributed by atoms with Crippen LogP contribution in [0.2, 0.25) is 0 Å². The van der Waals surface area contributed by atoms with Gasteiger partial charge in [0.15, 0.2) is 0 Å². The van der Waals surface area contributed by atoms with Crippen molar-refractivity contribution in [2.45, 2.75) is 33.1 Å². The highest BCUT2D eigenvalue weighted by atomic mass is 15.2. The minimum atomic E-state index is 0.553. The minimum absolute atomic E-state index is 0.553. The normalized spacial score (nSPS) is 15.2. The van der Waals surface area contributed by atoms with Gasteiger partial charge in [-0.3, -0.25) is 0 Å². The van der Waals surface area contributed by atoms with Crippen LogP contribution in [0.5, 0.6) is 0 Å². The average Bonchev–Trinajstić information content (AvgIpc) is 3.06. The monoisotopic (exact) mass is 348 g/mol. The van der Waals surface area contributed by atoms with Gasteiger partial charge in [0.25, 0.3) is 0 Å². The Kier molecular flexibility index (Phi) is 4.68. The number of piperazine rings is 1. The Labute approximate surface area is 155 Å². The predicted octanol–water partition coefficient (Wildman–Crippen LogP) is 4.10. The quantitative estimate of drug-likeness (QED) is 0.770. The molecule has 3 heterocycles. The molecule has 26 heavy (non-hydrogen) atoms. The van der Waals surface area contributed by atoms with E-state index < -0.39 is 0 Å². The highest BCUT2D eigenvalue weighted by Crippen LogP contribution is 2.28. The Morgan fingerprint density at radius 3 is 2.42 bits per heavy atom. The number of anilines is 1. The molecule has 0 saturated carbocycles. The lowest BCUT2D eigenvalue weighted by atomic mass is 10.00. The number of aryl methyl sites for hydroxylation is 1. The molecule has 1 aliphatic rings. The fraction of sp³-hybridized carbons (Fsp3) is 0.409. The first-order valence-electron chi connectivity index (χ1n) is 9.74.